The number of benzene rings is 3. The number of ether oxygens (including phenoxy) is 2. The van der Waals surface area contributed by atoms with Gasteiger partial charge in [-0.1, -0.05) is 30.3 Å². The molecular weight excluding hydrogens is 438 g/mol. The Bertz CT molecular complexity index is 1140. The molecule has 3 aromatic rings. The average molecular weight is 465 g/mol. The Kier molecular flexibility index (Phi) is 8.91. The van der Waals surface area contributed by atoms with Gasteiger partial charge in [-0.2, -0.15) is 5.10 Å². The largest absolute Gasteiger partial charge is 0.490 e. The molecule has 0 aromatic heterocycles. The van der Waals surface area contributed by atoms with Crippen molar-refractivity contribution in [2.45, 2.75) is 26.4 Å². The average Bonchev–Trinajstić information content (AvgIpc) is 2.81. The molecule has 5 nitrogen and oxygen atoms in total. The van der Waals surface area contributed by atoms with Crippen molar-refractivity contribution >= 4 is 12.1 Å². The molecule has 0 saturated carbocycles. The quantitative estimate of drug-likeness (QED) is 0.236. The molecule has 1 N–H and O–H groups in total. The molecule has 0 saturated heterocycles. The van der Waals surface area contributed by atoms with Gasteiger partial charge in [0.2, 0.25) is 5.91 Å². The number of hydrogen-bond acceptors (Lipinski definition) is 4. The lowest BCUT2D eigenvalue weighted by atomic mass is 10.1. The Hall–Kier alpha value is -4.00. The standard InChI is InChI=1S/C27H26F2N2O3/c1-3-5-22-14-21(17-30-31-26(32)16-19-6-10-23(28)11-7-19)15-25(33-4-2)27(22)34-18-20-8-12-24(29)13-9-20/h3,6-15,17H,1,4-5,16,18H2,2H3,(H,31,32)/b30-17+. The van der Waals surface area contributed by atoms with Crippen molar-refractivity contribution < 1.29 is 23.0 Å². The van der Waals surface area contributed by atoms with Gasteiger partial charge in [-0.25, -0.2) is 14.2 Å². The van der Waals surface area contributed by atoms with Gasteiger partial charge in [0.15, 0.2) is 11.5 Å². The first-order valence-electron chi connectivity index (χ1n) is 10.8. The van der Waals surface area contributed by atoms with Crippen LogP contribution in [-0.2, 0) is 24.2 Å². The topological polar surface area (TPSA) is 59.9 Å². The number of nitrogens with one attached hydrogen (secondary N) is 1. The minimum Gasteiger partial charge on any atom is -0.490 e. The van der Waals surface area contributed by atoms with Crippen LogP contribution >= 0.6 is 0 Å². The number of hydrogen-bond donors (Lipinski definition) is 1. The lowest BCUT2D eigenvalue weighted by Crippen LogP contribution is -2.19. The summed E-state index contributed by atoms with van der Waals surface area (Å²) in [4.78, 5) is 12.1. The Labute approximate surface area is 197 Å². The van der Waals surface area contributed by atoms with Crippen LogP contribution in [0.4, 0.5) is 8.78 Å². The number of carbonyl (C=O) groups excluding carboxylic acids is 1. The van der Waals surface area contributed by atoms with Gasteiger partial charge in [-0.3, -0.25) is 4.79 Å². The molecular formula is C27H26F2N2O3. The van der Waals surface area contributed by atoms with Crippen molar-refractivity contribution in [3.63, 3.8) is 0 Å². The van der Waals surface area contributed by atoms with Crippen molar-refractivity contribution in [3.8, 4) is 11.5 Å². The number of amides is 1. The highest BCUT2D eigenvalue weighted by Crippen LogP contribution is 2.34. The summed E-state index contributed by atoms with van der Waals surface area (Å²) in [7, 11) is 0. The zero-order valence-electron chi connectivity index (χ0n) is 18.9. The molecule has 1 amide bonds. The first-order chi connectivity index (χ1) is 16.5. The molecule has 0 aliphatic heterocycles. The van der Waals surface area contributed by atoms with Crippen LogP contribution in [0, 0.1) is 11.6 Å². The molecule has 0 atom stereocenters. The fourth-order valence-corrected chi connectivity index (χ4v) is 3.23. The predicted octanol–water partition coefficient (Wildman–Crippen LogP) is 5.36. The smallest absolute Gasteiger partial charge is 0.244 e. The highest BCUT2D eigenvalue weighted by molar-refractivity contribution is 5.84. The highest BCUT2D eigenvalue weighted by Gasteiger charge is 2.13. The molecule has 0 unspecified atom stereocenters. The van der Waals surface area contributed by atoms with E-state index in [2.05, 4.69) is 17.1 Å². The summed E-state index contributed by atoms with van der Waals surface area (Å²) < 4.78 is 38.0. The van der Waals surface area contributed by atoms with Crippen LogP contribution in [0.5, 0.6) is 11.5 Å². The third kappa shape index (κ3) is 7.27. The molecule has 0 radical (unpaired) electrons. The zero-order valence-corrected chi connectivity index (χ0v) is 18.9. The van der Waals surface area contributed by atoms with Gasteiger partial charge in [0.25, 0.3) is 0 Å². The van der Waals surface area contributed by atoms with Gasteiger partial charge < -0.3 is 9.47 Å². The van der Waals surface area contributed by atoms with Gasteiger partial charge in [-0.15, -0.1) is 6.58 Å². The first kappa shape index (κ1) is 24.6. The third-order valence-corrected chi connectivity index (χ3v) is 4.80. The lowest BCUT2D eigenvalue weighted by Gasteiger charge is -2.17. The van der Waals surface area contributed by atoms with E-state index in [-0.39, 0.29) is 30.6 Å². The monoisotopic (exact) mass is 464 g/mol. The van der Waals surface area contributed by atoms with Crippen molar-refractivity contribution in [2.24, 2.45) is 5.10 Å². The summed E-state index contributed by atoms with van der Waals surface area (Å²) in [5.41, 5.74) is 5.52. The number of nitrogens with zero attached hydrogens (tertiary/aromatic N) is 1. The summed E-state index contributed by atoms with van der Waals surface area (Å²) in [5.74, 6) is 0.122. The fraction of sp³-hybridized carbons (Fsp3) is 0.185. The van der Waals surface area contributed by atoms with Crippen LogP contribution in [0.2, 0.25) is 0 Å². The number of rotatable bonds is 11. The van der Waals surface area contributed by atoms with Crippen LogP contribution in [0.15, 0.2) is 78.4 Å². The van der Waals surface area contributed by atoms with Gasteiger partial charge in [0.1, 0.15) is 18.2 Å². The van der Waals surface area contributed by atoms with E-state index >= 15 is 0 Å². The van der Waals surface area contributed by atoms with Crippen molar-refractivity contribution in [1.29, 1.82) is 0 Å². The number of halogens is 2. The van der Waals surface area contributed by atoms with Gasteiger partial charge in [0, 0.05) is 5.56 Å². The molecule has 7 heteroatoms. The molecule has 176 valence electrons. The maximum Gasteiger partial charge on any atom is 0.244 e. The molecule has 3 aromatic carbocycles. The maximum atomic E-state index is 13.2. The normalized spacial score (nSPS) is 10.8. The second-order valence-corrected chi connectivity index (χ2v) is 7.44. The number of hydrazone groups is 1. The third-order valence-electron chi connectivity index (χ3n) is 4.80. The maximum absolute atomic E-state index is 13.2. The highest BCUT2D eigenvalue weighted by atomic mass is 19.1. The van der Waals surface area contributed by atoms with E-state index in [0.717, 1.165) is 11.1 Å². The van der Waals surface area contributed by atoms with Crippen LogP contribution < -0.4 is 14.9 Å². The van der Waals surface area contributed by atoms with Crippen molar-refractivity contribution in [2.75, 3.05) is 6.61 Å². The molecule has 0 bridgehead atoms. The van der Waals surface area contributed by atoms with Crippen LogP contribution in [0.25, 0.3) is 0 Å². The molecule has 3 rings (SSSR count). The predicted molar refractivity (Wildman–Crippen MR) is 128 cm³/mol. The van der Waals surface area contributed by atoms with Crippen LogP contribution in [0.1, 0.15) is 29.2 Å². The van der Waals surface area contributed by atoms with Crippen molar-refractivity contribution in [1.82, 2.24) is 5.43 Å². The SMILES string of the molecule is C=CCc1cc(/C=N/NC(=O)Cc2ccc(F)cc2)cc(OCC)c1OCc1ccc(F)cc1. The minimum atomic E-state index is -0.354. The molecule has 34 heavy (non-hydrogen) atoms. The van der Waals surface area contributed by atoms with E-state index in [0.29, 0.717) is 35.7 Å². The molecule has 0 aliphatic rings. The number of carbonyl (C=O) groups is 1. The lowest BCUT2D eigenvalue weighted by molar-refractivity contribution is -0.120. The van der Waals surface area contributed by atoms with E-state index in [1.807, 2.05) is 13.0 Å². The molecule has 0 heterocycles. The second kappa shape index (κ2) is 12.3. The van der Waals surface area contributed by atoms with E-state index < -0.39 is 0 Å². The summed E-state index contributed by atoms with van der Waals surface area (Å²) in [6, 6.07) is 15.5. The number of allylic oxidation sites excluding steroid dienone is 1. The van der Waals surface area contributed by atoms with Gasteiger partial charge in [-0.05, 0) is 66.4 Å². The van der Waals surface area contributed by atoms with Crippen LogP contribution in [-0.4, -0.2) is 18.7 Å². The molecule has 0 spiro atoms. The van der Waals surface area contributed by atoms with Gasteiger partial charge >= 0.3 is 0 Å². The summed E-state index contributed by atoms with van der Waals surface area (Å²) in [5, 5.41) is 4.03. The van der Waals surface area contributed by atoms with E-state index in [9.17, 15) is 13.6 Å². The fourth-order valence-electron chi connectivity index (χ4n) is 3.23. The minimum absolute atomic E-state index is 0.0830. The summed E-state index contributed by atoms with van der Waals surface area (Å²) in [6.07, 6.45) is 3.87. The molecule has 0 fully saturated rings. The Morgan fingerprint density at radius 2 is 1.65 bits per heavy atom. The summed E-state index contributed by atoms with van der Waals surface area (Å²) in [6.45, 7) is 6.35. The Morgan fingerprint density at radius 1 is 1.00 bits per heavy atom. The van der Waals surface area contributed by atoms with E-state index in [4.69, 9.17) is 9.47 Å². The first-order valence-corrected chi connectivity index (χ1v) is 10.8. The Morgan fingerprint density at radius 3 is 2.26 bits per heavy atom. The van der Waals surface area contributed by atoms with E-state index in [1.54, 1.807) is 36.4 Å². The second-order valence-electron chi connectivity index (χ2n) is 7.44. The van der Waals surface area contributed by atoms with E-state index in [1.165, 1.54) is 30.5 Å². The Balaban J connectivity index is 1.73. The molecule has 0 aliphatic carbocycles. The van der Waals surface area contributed by atoms with Crippen molar-refractivity contribution in [3.05, 3.63) is 107 Å². The van der Waals surface area contributed by atoms with Gasteiger partial charge in [0.05, 0.1) is 19.2 Å². The van der Waals surface area contributed by atoms with Crippen LogP contribution in [0.3, 0.4) is 0 Å². The zero-order chi connectivity index (χ0) is 24.3. The summed E-state index contributed by atoms with van der Waals surface area (Å²) >= 11 is 0.